The molecule has 4 rings (SSSR count). The van der Waals surface area contributed by atoms with Crippen LogP contribution < -0.4 is 4.74 Å². The van der Waals surface area contributed by atoms with Gasteiger partial charge in [-0.1, -0.05) is 54.1 Å². The minimum Gasteiger partial charge on any atom is -0.497 e. The minimum absolute atomic E-state index is 0.697. The van der Waals surface area contributed by atoms with Gasteiger partial charge in [0.25, 0.3) is 0 Å². The van der Waals surface area contributed by atoms with E-state index < -0.39 is 0 Å². The van der Waals surface area contributed by atoms with Crippen molar-refractivity contribution in [3.63, 3.8) is 0 Å². The van der Waals surface area contributed by atoms with Crippen molar-refractivity contribution in [2.45, 2.75) is 0 Å². The lowest BCUT2D eigenvalue weighted by atomic mass is 10.1. The molecule has 0 unspecified atom stereocenters. The second-order valence-electron chi connectivity index (χ2n) is 6.18. The largest absolute Gasteiger partial charge is 0.497 e. The summed E-state index contributed by atoms with van der Waals surface area (Å²) in [5, 5.41) is 5.46. The summed E-state index contributed by atoms with van der Waals surface area (Å²) < 4.78 is 7.12. The Bertz CT molecular complexity index is 1100. The molecule has 28 heavy (non-hydrogen) atoms. The molecular formula is C23H18ClN3O. The van der Waals surface area contributed by atoms with Gasteiger partial charge in [-0.3, -0.25) is 0 Å². The molecule has 5 heteroatoms. The Morgan fingerprint density at radius 2 is 1.71 bits per heavy atom. The van der Waals surface area contributed by atoms with E-state index in [4.69, 9.17) is 21.4 Å². The number of halogens is 1. The first-order chi connectivity index (χ1) is 13.7. The van der Waals surface area contributed by atoms with Gasteiger partial charge in [0.05, 0.1) is 18.5 Å². The third-order valence-corrected chi connectivity index (χ3v) is 4.52. The number of nitrogens with zero attached hydrogens (tertiary/aromatic N) is 3. The van der Waals surface area contributed by atoms with E-state index in [0.29, 0.717) is 5.02 Å². The molecule has 0 spiro atoms. The summed E-state index contributed by atoms with van der Waals surface area (Å²) in [7, 11) is 1.65. The Morgan fingerprint density at radius 3 is 2.46 bits per heavy atom. The highest BCUT2D eigenvalue weighted by Crippen LogP contribution is 2.27. The molecule has 0 fully saturated rings. The molecule has 4 aromatic rings. The van der Waals surface area contributed by atoms with Crippen molar-refractivity contribution >= 4 is 23.6 Å². The molecule has 4 nitrogen and oxygen atoms in total. The number of ether oxygens (including phenoxy) is 1. The number of hydrogen-bond donors (Lipinski definition) is 0. The second kappa shape index (κ2) is 8.11. The van der Waals surface area contributed by atoms with Crippen LogP contribution in [0.4, 0.5) is 5.82 Å². The van der Waals surface area contributed by atoms with Crippen LogP contribution in [0, 0.1) is 0 Å². The van der Waals surface area contributed by atoms with Gasteiger partial charge in [-0.05, 0) is 42.0 Å². The van der Waals surface area contributed by atoms with Gasteiger partial charge in [-0.25, -0.2) is 9.67 Å². The smallest absolute Gasteiger partial charge is 0.156 e. The van der Waals surface area contributed by atoms with Crippen LogP contribution in [0.3, 0.4) is 0 Å². The Labute approximate surface area is 168 Å². The van der Waals surface area contributed by atoms with E-state index in [1.54, 1.807) is 7.11 Å². The third-order valence-electron chi connectivity index (χ3n) is 4.27. The highest BCUT2D eigenvalue weighted by molar-refractivity contribution is 6.30. The molecule has 0 atom stereocenters. The molecule has 0 saturated heterocycles. The van der Waals surface area contributed by atoms with E-state index >= 15 is 0 Å². The molecule has 1 aromatic heterocycles. The number of methoxy groups -OCH3 is 1. The van der Waals surface area contributed by atoms with Crippen molar-refractivity contribution < 1.29 is 4.74 Å². The Morgan fingerprint density at radius 1 is 0.929 bits per heavy atom. The number of benzene rings is 3. The maximum atomic E-state index is 6.01. The maximum absolute atomic E-state index is 6.01. The van der Waals surface area contributed by atoms with Crippen molar-refractivity contribution in [3.8, 4) is 22.7 Å². The molecule has 0 aliphatic heterocycles. The third kappa shape index (κ3) is 3.97. The summed E-state index contributed by atoms with van der Waals surface area (Å²) >= 11 is 6.01. The lowest BCUT2D eigenvalue weighted by Crippen LogP contribution is -1.96. The van der Waals surface area contributed by atoms with Crippen molar-refractivity contribution in [2.24, 2.45) is 4.99 Å². The average Bonchev–Trinajstić information content (AvgIpc) is 3.18. The molecule has 138 valence electrons. The predicted octanol–water partition coefficient (Wildman–Crippen LogP) is 5.95. The fourth-order valence-electron chi connectivity index (χ4n) is 2.85. The van der Waals surface area contributed by atoms with Gasteiger partial charge in [-0.15, -0.1) is 0 Å². The summed E-state index contributed by atoms with van der Waals surface area (Å²) in [5.41, 5.74) is 3.71. The van der Waals surface area contributed by atoms with Crippen molar-refractivity contribution in [1.29, 1.82) is 0 Å². The zero-order valence-electron chi connectivity index (χ0n) is 15.3. The van der Waals surface area contributed by atoms with Crippen molar-refractivity contribution in [2.75, 3.05) is 7.11 Å². The summed E-state index contributed by atoms with van der Waals surface area (Å²) in [5.74, 6) is 1.53. The summed E-state index contributed by atoms with van der Waals surface area (Å²) in [6.45, 7) is 0. The molecule has 0 N–H and O–H groups in total. The summed E-state index contributed by atoms with van der Waals surface area (Å²) in [6, 6.07) is 27.3. The first-order valence-electron chi connectivity index (χ1n) is 8.82. The zero-order valence-corrected chi connectivity index (χ0v) is 16.0. The molecule has 0 bridgehead atoms. The first-order valence-corrected chi connectivity index (χ1v) is 9.20. The standard InChI is InChI=1S/C23H18ClN3O/c1-28-21-9-5-6-17(14-21)16-25-23-15-22(18-10-12-19(24)13-11-18)26-27(23)20-7-3-2-4-8-20/h2-16H,1H3/b25-16+. The minimum atomic E-state index is 0.697. The molecule has 3 aromatic carbocycles. The molecule has 0 aliphatic carbocycles. The maximum Gasteiger partial charge on any atom is 0.156 e. The van der Waals surface area contributed by atoms with E-state index in [2.05, 4.69) is 4.99 Å². The summed E-state index contributed by atoms with van der Waals surface area (Å²) in [4.78, 5) is 4.69. The van der Waals surface area contributed by atoms with Gasteiger partial charge in [0.2, 0.25) is 0 Å². The zero-order chi connectivity index (χ0) is 19.3. The van der Waals surface area contributed by atoms with Gasteiger partial charge >= 0.3 is 0 Å². The number of para-hydroxylation sites is 1. The van der Waals surface area contributed by atoms with Gasteiger partial charge in [0.15, 0.2) is 5.82 Å². The van der Waals surface area contributed by atoms with Gasteiger partial charge < -0.3 is 4.74 Å². The monoisotopic (exact) mass is 387 g/mol. The first kappa shape index (κ1) is 18.0. The number of aromatic nitrogens is 2. The van der Waals surface area contributed by atoms with E-state index in [0.717, 1.165) is 34.1 Å². The fraction of sp³-hybridized carbons (Fsp3) is 0.0435. The lowest BCUT2D eigenvalue weighted by molar-refractivity contribution is 0.415. The van der Waals surface area contributed by atoms with E-state index in [9.17, 15) is 0 Å². The quantitative estimate of drug-likeness (QED) is 0.397. The lowest BCUT2D eigenvalue weighted by Gasteiger charge is -2.04. The number of rotatable bonds is 5. The summed E-state index contributed by atoms with van der Waals surface area (Å²) in [6.07, 6.45) is 1.81. The van der Waals surface area contributed by atoms with Crippen LogP contribution in [-0.4, -0.2) is 23.1 Å². The second-order valence-corrected chi connectivity index (χ2v) is 6.61. The number of hydrogen-bond acceptors (Lipinski definition) is 3. The molecule has 0 amide bonds. The Balaban J connectivity index is 1.76. The van der Waals surface area contributed by atoms with Crippen LogP contribution in [0.1, 0.15) is 5.56 Å². The van der Waals surface area contributed by atoms with Crippen LogP contribution in [0.2, 0.25) is 5.02 Å². The van der Waals surface area contributed by atoms with Crippen LogP contribution in [-0.2, 0) is 0 Å². The SMILES string of the molecule is COc1cccc(/C=N/c2cc(-c3ccc(Cl)cc3)nn2-c2ccccc2)c1. The Kier molecular flexibility index (Phi) is 5.22. The van der Waals surface area contributed by atoms with Crippen LogP contribution in [0.5, 0.6) is 5.75 Å². The van der Waals surface area contributed by atoms with Crippen LogP contribution in [0.25, 0.3) is 16.9 Å². The van der Waals surface area contributed by atoms with E-state index in [-0.39, 0.29) is 0 Å². The molecule has 0 radical (unpaired) electrons. The highest BCUT2D eigenvalue weighted by Gasteiger charge is 2.10. The van der Waals surface area contributed by atoms with Crippen LogP contribution >= 0.6 is 11.6 Å². The molecular weight excluding hydrogens is 370 g/mol. The topological polar surface area (TPSA) is 39.4 Å². The van der Waals surface area contributed by atoms with Gasteiger partial charge in [0, 0.05) is 22.9 Å². The normalized spacial score (nSPS) is 11.1. The average molecular weight is 388 g/mol. The predicted molar refractivity (Wildman–Crippen MR) is 114 cm³/mol. The number of aliphatic imine (C=N–C) groups is 1. The molecule has 0 aliphatic rings. The Hall–Kier alpha value is -3.37. The van der Waals surface area contributed by atoms with Gasteiger partial charge in [0.1, 0.15) is 5.75 Å². The van der Waals surface area contributed by atoms with Gasteiger partial charge in [-0.2, -0.15) is 5.10 Å². The molecule has 1 heterocycles. The van der Waals surface area contributed by atoms with Crippen LogP contribution in [0.15, 0.2) is 89.9 Å². The van der Waals surface area contributed by atoms with Crippen molar-refractivity contribution in [1.82, 2.24) is 9.78 Å². The van der Waals surface area contributed by atoms with E-state index in [1.165, 1.54) is 0 Å². The fourth-order valence-corrected chi connectivity index (χ4v) is 2.97. The molecule has 0 saturated carbocycles. The van der Waals surface area contributed by atoms with Crippen molar-refractivity contribution in [3.05, 3.63) is 95.5 Å². The van der Waals surface area contributed by atoms with E-state index in [1.807, 2.05) is 95.8 Å². The highest BCUT2D eigenvalue weighted by atomic mass is 35.5.